The molecule has 0 amide bonds. The molecular weight excluding hydrogens is 152 g/mol. The Hall–Kier alpha value is -1.02. The van der Waals surface area contributed by atoms with Crippen LogP contribution in [0, 0.1) is 6.07 Å². The molecule has 0 aliphatic carbocycles. The van der Waals surface area contributed by atoms with Crippen molar-refractivity contribution in [1.29, 1.82) is 0 Å². The van der Waals surface area contributed by atoms with Crippen LogP contribution in [-0.2, 0) is 0 Å². The SMILES string of the molecule is CCC(O)c1cc[c]c(OC)c1. The van der Waals surface area contributed by atoms with Gasteiger partial charge in [0, 0.05) is 6.07 Å². The van der Waals surface area contributed by atoms with Crippen molar-refractivity contribution in [2.24, 2.45) is 0 Å². The summed E-state index contributed by atoms with van der Waals surface area (Å²) in [6, 6.07) is 8.30. The molecule has 0 fully saturated rings. The van der Waals surface area contributed by atoms with Gasteiger partial charge in [0.2, 0.25) is 0 Å². The molecule has 0 aliphatic heterocycles. The first-order chi connectivity index (χ1) is 5.77. The van der Waals surface area contributed by atoms with E-state index in [4.69, 9.17) is 4.74 Å². The van der Waals surface area contributed by atoms with Gasteiger partial charge in [-0.1, -0.05) is 19.1 Å². The van der Waals surface area contributed by atoms with Crippen molar-refractivity contribution in [3.05, 3.63) is 29.8 Å². The van der Waals surface area contributed by atoms with Gasteiger partial charge < -0.3 is 9.84 Å². The standard InChI is InChI=1S/C10H13O2/c1-3-10(11)8-5-4-6-9(7-8)12-2/h4-5,7,10-11H,3H2,1-2H3. The Morgan fingerprint density at radius 2 is 2.42 bits per heavy atom. The molecule has 0 aliphatic rings. The van der Waals surface area contributed by atoms with Gasteiger partial charge >= 0.3 is 0 Å². The fraction of sp³-hybridized carbons (Fsp3) is 0.400. The Morgan fingerprint density at radius 1 is 1.67 bits per heavy atom. The van der Waals surface area contributed by atoms with Crippen molar-refractivity contribution >= 4 is 0 Å². The van der Waals surface area contributed by atoms with Crippen molar-refractivity contribution in [1.82, 2.24) is 0 Å². The van der Waals surface area contributed by atoms with E-state index < -0.39 is 6.10 Å². The molecule has 0 saturated carbocycles. The van der Waals surface area contributed by atoms with Crippen LogP contribution in [0.3, 0.4) is 0 Å². The molecule has 0 aromatic heterocycles. The lowest BCUT2D eigenvalue weighted by Gasteiger charge is -2.08. The average molecular weight is 165 g/mol. The second kappa shape index (κ2) is 4.12. The van der Waals surface area contributed by atoms with Gasteiger partial charge in [-0.15, -0.1) is 0 Å². The van der Waals surface area contributed by atoms with Crippen LogP contribution in [0.2, 0.25) is 0 Å². The molecule has 1 N–H and O–H groups in total. The van der Waals surface area contributed by atoms with Crippen LogP contribution in [-0.4, -0.2) is 12.2 Å². The van der Waals surface area contributed by atoms with Crippen molar-refractivity contribution in [2.45, 2.75) is 19.4 Å². The molecule has 2 heteroatoms. The molecule has 1 rings (SSSR count). The van der Waals surface area contributed by atoms with Crippen molar-refractivity contribution < 1.29 is 9.84 Å². The van der Waals surface area contributed by atoms with E-state index in [9.17, 15) is 5.11 Å². The lowest BCUT2D eigenvalue weighted by Crippen LogP contribution is -1.95. The minimum atomic E-state index is -0.395. The van der Waals surface area contributed by atoms with E-state index in [2.05, 4.69) is 6.07 Å². The van der Waals surface area contributed by atoms with Crippen LogP contribution < -0.4 is 4.74 Å². The quantitative estimate of drug-likeness (QED) is 0.741. The molecule has 2 nitrogen and oxygen atoms in total. The van der Waals surface area contributed by atoms with Gasteiger partial charge in [0.1, 0.15) is 5.75 Å². The number of benzene rings is 1. The molecule has 65 valence electrons. The first kappa shape index (κ1) is 9.07. The highest BCUT2D eigenvalue weighted by atomic mass is 16.5. The fourth-order valence-electron chi connectivity index (χ4n) is 1.02. The zero-order valence-corrected chi connectivity index (χ0v) is 7.37. The summed E-state index contributed by atoms with van der Waals surface area (Å²) in [6.45, 7) is 1.94. The molecule has 0 heterocycles. The van der Waals surface area contributed by atoms with E-state index in [0.29, 0.717) is 12.2 Å². The lowest BCUT2D eigenvalue weighted by molar-refractivity contribution is 0.173. The maximum absolute atomic E-state index is 9.48. The van der Waals surface area contributed by atoms with E-state index in [-0.39, 0.29) is 0 Å². The van der Waals surface area contributed by atoms with Gasteiger partial charge in [-0.3, -0.25) is 0 Å². The third kappa shape index (κ3) is 1.98. The minimum absolute atomic E-state index is 0.395. The molecular formula is C10H13O2. The van der Waals surface area contributed by atoms with Gasteiger partial charge in [0.05, 0.1) is 13.2 Å². The normalized spacial score (nSPS) is 12.6. The Bertz CT molecular complexity index is 245. The minimum Gasteiger partial charge on any atom is -0.496 e. The lowest BCUT2D eigenvalue weighted by atomic mass is 10.1. The number of methoxy groups -OCH3 is 1. The number of aliphatic hydroxyl groups excluding tert-OH is 1. The predicted octanol–water partition coefficient (Wildman–Crippen LogP) is 1.94. The van der Waals surface area contributed by atoms with Crippen LogP contribution in [0.1, 0.15) is 25.0 Å². The van der Waals surface area contributed by atoms with Gasteiger partial charge in [-0.25, -0.2) is 0 Å². The van der Waals surface area contributed by atoms with Crippen LogP contribution in [0.4, 0.5) is 0 Å². The third-order valence-corrected chi connectivity index (χ3v) is 1.79. The van der Waals surface area contributed by atoms with Gasteiger partial charge in [-0.05, 0) is 18.1 Å². The first-order valence-electron chi connectivity index (χ1n) is 4.01. The summed E-state index contributed by atoms with van der Waals surface area (Å²) in [5, 5.41) is 9.48. The summed E-state index contributed by atoms with van der Waals surface area (Å²) < 4.78 is 4.98. The fourth-order valence-corrected chi connectivity index (χ4v) is 1.02. The number of rotatable bonds is 3. The topological polar surface area (TPSA) is 29.5 Å². The largest absolute Gasteiger partial charge is 0.496 e. The zero-order chi connectivity index (χ0) is 8.97. The Labute approximate surface area is 72.8 Å². The molecule has 1 aromatic rings. The smallest absolute Gasteiger partial charge is 0.127 e. The third-order valence-electron chi connectivity index (χ3n) is 1.79. The summed E-state index contributed by atoms with van der Waals surface area (Å²) in [4.78, 5) is 0. The number of hydrogen-bond acceptors (Lipinski definition) is 2. The van der Waals surface area contributed by atoms with Gasteiger partial charge in [0.25, 0.3) is 0 Å². The van der Waals surface area contributed by atoms with E-state index in [1.807, 2.05) is 13.0 Å². The maximum atomic E-state index is 9.48. The van der Waals surface area contributed by atoms with E-state index >= 15 is 0 Å². The molecule has 1 unspecified atom stereocenters. The highest BCUT2D eigenvalue weighted by Crippen LogP contribution is 2.20. The van der Waals surface area contributed by atoms with Crippen molar-refractivity contribution in [3.8, 4) is 5.75 Å². The van der Waals surface area contributed by atoms with Crippen LogP contribution in [0.15, 0.2) is 18.2 Å². The summed E-state index contributed by atoms with van der Waals surface area (Å²) in [7, 11) is 1.59. The number of hydrogen-bond donors (Lipinski definition) is 1. The van der Waals surface area contributed by atoms with Gasteiger partial charge in [-0.2, -0.15) is 0 Å². The monoisotopic (exact) mass is 165 g/mol. The Balaban J connectivity index is 2.86. The van der Waals surface area contributed by atoms with E-state index in [1.54, 1.807) is 19.2 Å². The summed E-state index contributed by atoms with van der Waals surface area (Å²) in [5.74, 6) is 0.667. The Morgan fingerprint density at radius 3 is 3.00 bits per heavy atom. The summed E-state index contributed by atoms with van der Waals surface area (Å²) in [5.41, 5.74) is 0.883. The van der Waals surface area contributed by atoms with Gasteiger partial charge in [0.15, 0.2) is 0 Å². The van der Waals surface area contributed by atoms with E-state index in [0.717, 1.165) is 5.56 Å². The second-order valence-electron chi connectivity index (χ2n) is 2.61. The average Bonchev–Trinajstić information content (AvgIpc) is 2.17. The maximum Gasteiger partial charge on any atom is 0.127 e. The molecule has 1 atom stereocenters. The second-order valence-corrected chi connectivity index (χ2v) is 2.61. The van der Waals surface area contributed by atoms with Crippen LogP contribution >= 0.6 is 0 Å². The summed E-state index contributed by atoms with van der Waals surface area (Å²) >= 11 is 0. The highest BCUT2D eigenvalue weighted by molar-refractivity contribution is 5.28. The first-order valence-corrected chi connectivity index (χ1v) is 4.01. The van der Waals surface area contributed by atoms with E-state index in [1.165, 1.54) is 0 Å². The molecule has 0 bridgehead atoms. The molecule has 12 heavy (non-hydrogen) atoms. The zero-order valence-electron chi connectivity index (χ0n) is 7.37. The number of aliphatic hydroxyl groups is 1. The Kier molecular flexibility index (Phi) is 3.11. The molecule has 0 spiro atoms. The molecule has 0 saturated heterocycles. The highest BCUT2D eigenvalue weighted by Gasteiger charge is 2.04. The van der Waals surface area contributed by atoms with Crippen LogP contribution in [0.25, 0.3) is 0 Å². The van der Waals surface area contributed by atoms with Crippen molar-refractivity contribution in [3.63, 3.8) is 0 Å². The number of ether oxygens (including phenoxy) is 1. The van der Waals surface area contributed by atoms with Crippen LogP contribution in [0.5, 0.6) is 5.75 Å². The summed E-state index contributed by atoms with van der Waals surface area (Å²) in [6.07, 6.45) is 0.321. The predicted molar refractivity (Wildman–Crippen MR) is 47.1 cm³/mol. The molecule has 1 radical (unpaired) electrons. The molecule has 1 aromatic carbocycles. The van der Waals surface area contributed by atoms with Crippen molar-refractivity contribution in [2.75, 3.05) is 7.11 Å².